The third kappa shape index (κ3) is 3.45. The molecular weight excluding hydrogens is 292 g/mol. The van der Waals surface area contributed by atoms with E-state index in [4.69, 9.17) is 20.3 Å². The highest BCUT2D eigenvalue weighted by atomic mass is 32.2. The Morgan fingerprint density at radius 3 is 2.38 bits per heavy atom. The van der Waals surface area contributed by atoms with Crippen LogP contribution in [0, 0.1) is 6.92 Å². The van der Waals surface area contributed by atoms with Crippen LogP contribution in [0.3, 0.4) is 0 Å². The molecule has 0 atom stereocenters. The average Bonchev–Trinajstić information content (AvgIpc) is 2.41. The fraction of sp³-hybridized carbons (Fsp3) is 0.143. The molecule has 0 spiro atoms. The van der Waals surface area contributed by atoms with E-state index in [9.17, 15) is 8.42 Å². The molecule has 21 heavy (non-hydrogen) atoms. The molecule has 0 saturated heterocycles. The van der Waals surface area contributed by atoms with Gasteiger partial charge in [-0.1, -0.05) is 6.07 Å². The van der Waals surface area contributed by atoms with E-state index in [0.29, 0.717) is 22.8 Å². The molecule has 112 valence electrons. The normalized spacial score (nSPS) is 11.2. The van der Waals surface area contributed by atoms with Crippen LogP contribution in [-0.4, -0.2) is 15.5 Å². The maximum atomic E-state index is 11.6. The number of anilines is 1. The van der Waals surface area contributed by atoms with Gasteiger partial charge in [-0.25, -0.2) is 13.6 Å². The number of sulfonamides is 1. The lowest BCUT2D eigenvalue weighted by atomic mass is 10.2. The summed E-state index contributed by atoms with van der Waals surface area (Å²) in [4.78, 5) is -0.0552. The van der Waals surface area contributed by atoms with Crippen LogP contribution in [0.5, 0.6) is 17.2 Å². The smallest absolute Gasteiger partial charge is 0.238 e. The van der Waals surface area contributed by atoms with Gasteiger partial charge in [-0.3, -0.25) is 0 Å². The largest absolute Gasteiger partial charge is 0.497 e. The standard InChI is InChI=1S/C14H16N2O4S/c1-9-13(6-10(15)7-14(9)21(16,17)18)20-12-5-3-4-11(8-12)19-2/h3-8H,15H2,1-2H3,(H2,16,17,18). The molecule has 7 heteroatoms. The summed E-state index contributed by atoms with van der Waals surface area (Å²) < 4.78 is 33.9. The minimum Gasteiger partial charge on any atom is -0.497 e. The molecule has 2 rings (SSSR count). The van der Waals surface area contributed by atoms with Gasteiger partial charge in [-0.05, 0) is 25.1 Å². The summed E-state index contributed by atoms with van der Waals surface area (Å²) in [5, 5.41) is 5.18. The Morgan fingerprint density at radius 1 is 1.10 bits per heavy atom. The molecule has 0 unspecified atom stereocenters. The second kappa shape index (κ2) is 5.63. The number of ether oxygens (including phenoxy) is 2. The average molecular weight is 308 g/mol. The van der Waals surface area contributed by atoms with E-state index < -0.39 is 10.0 Å². The van der Waals surface area contributed by atoms with Gasteiger partial charge in [0, 0.05) is 23.4 Å². The zero-order chi connectivity index (χ0) is 15.6. The molecule has 0 aromatic heterocycles. The first-order chi connectivity index (χ1) is 9.81. The van der Waals surface area contributed by atoms with E-state index >= 15 is 0 Å². The van der Waals surface area contributed by atoms with Gasteiger partial charge in [0.05, 0.1) is 12.0 Å². The van der Waals surface area contributed by atoms with Crippen molar-refractivity contribution in [2.24, 2.45) is 5.14 Å². The van der Waals surface area contributed by atoms with Crippen LogP contribution >= 0.6 is 0 Å². The highest BCUT2D eigenvalue weighted by Crippen LogP contribution is 2.32. The molecule has 0 heterocycles. The van der Waals surface area contributed by atoms with Crippen LogP contribution in [0.1, 0.15) is 5.56 Å². The predicted octanol–water partition coefficient (Wildman–Crippen LogP) is 2.03. The molecule has 6 nitrogen and oxygen atoms in total. The lowest BCUT2D eigenvalue weighted by Gasteiger charge is -2.13. The number of nitrogen functional groups attached to an aromatic ring is 1. The first kappa shape index (κ1) is 15.1. The van der Waals surface area contributed by atoms with Gasteiger partial charge in [0.15, 0.2) is 0 Å². The van der Waals surface area contributed by atoms with E-state index in [-0.39, 0.29) is 10.6 Å². The minimum absolute atomic E-state index is 0.0552. The number of hydrogen-bond acceptors (Lipinski definition) is 5. The van der Waals surface area contributed by atoms with Crippen LogP contribution < -0.4 is 20.3 Å². The number of nitrogens with two attached hydrogens (primary N) is 2. The molecule has 0 saturated carbocycles. The first-order valence-electron chi connectivity index (χ1n) is 6.06. The number of benzene rings is 2. The Morgan fingerprint density at radius 2 is 1.76 bits per heavy atom. The van der Waals surface area contributed by atoms with Crippen LogP contribution in [0.25, 0.3) is 0 Å². The van der Waals surface area contributed by atoms with Crippen LogP contribution in [0.4, 0.5) is 5.69 Å². The van der Waals surface area contributed by atoms with Crippen molar-refractivity contribution in [3.05, 3.63) is 42.0 Å². The molecule has 0 aliphatic heterocycles. The molecule has 0 radical (unpaired) electrons. The van der Waals surface area contributed by atoms with Crippen LogP contribution in [-0.2, 0) is 10.0 Å². The van der Waals surface area contributed by atoms with E-state index in [1.165, 1.54) is 6.07 Å². The van der Waals surface area contributed by atoms with Gasteiger partial charge in [0.1, 0.15) is 17.2 Å². The van der Waals surface area contributed by atoms with Crippen molar-refractivity contribution in [2.45, 2.75) is 11.8 Å². The quantitative estimate of drug-likeness (QED) is 0.841. The zero-order valence-corrected chi connectivity index (χ0v) is 12.5. The summed E-state index contributed by atoms with van der Waals surface area (Å²) >= 11 is 0. The first-order valence-corrected chi connectivity index (χ1v) is 7.60. The van der Waals surface area contributed by atoms with Gasteiger partial charge in [0.2, 0.25) is 10.0 Å². The van der Waals surface area contributed by atoms with Gasteiger partial charge < -0.3 is 15.2 Å². The van der Waals surface area contributed by atoms with E-state index in [1.54, 1.807) is 44.4 Å². The lowest BCUT2D eigenvalue weighted by Crippen LogP contribution is -2.14. The Kier molecular flexibility index (Phi) is 4.06. The van der Waals surface area contributed by atoms with Gasteiger partial charge in [0.25, 0.3) is 0 Å². The summed E-state index contributed by atoms with van der Waals surface area (Å²) in [5.74, 6) is 1.46. The Hall–Kier alpha value is -2.25. The predicted molar refractivity (Wildman–Crippen MR) is 80.0 cm³/mol. The molecule has 2 aromatic rings. The van der Waals surface area contributed by atoms with E-state index in [1.807, 2.05) is 0 Å². The Labute approximate surface area is 123 Å². The van der Waals surface area contributed by atoms with E-state index in [2.05, 4.69) is 0 Å². The van der Waals surface area contributed by atoms with Crippen molar-refractivity contribution >= 4 is 15.7 Å². The SMILES string of the molecule is COc1cccc(Oc2cc(N)cc(S(N)(=O)=O)c2C)c1. The molecule has 2 aromatic carbocycles. The fourth-order valence-corrected chi connectivity index (χ4v) is 2.70. The van der Waals surface area contributed by atoms with Crippen molar-refractivity contribution in [1.82, 2.24) is 0 Å². The number of rotatable bonds is 4. The fourth-order valence-electron chi connectivity index (χ4n) is 1.88. The van der Waals surface area contributed by atoms with Crippen molar-refractivity contribution in [1.29, 1.82) is 0 Å². The minimum atomic E-state index is -3.87. The topological polar surface area (TPSA) is 105 Å². The molecule has 0 aliphatic rings. The zero-order valence-electron chi connectivity index (χ0n) is 11.7. The van der Waals surface area contributed by atoms with Gasteiger partial charge in [-0.15, -0.1) is 0 Å². The van der Waals surface area contributed by atoms with Crippen LogP contribution in [0.15, 0.2) is 41.3 Å². The number of methoxy groups -OCH3 is 1. The molecule has 0 bridgehead atoms. The molecule has 0 amide bonds. The summed E-state index contributed by atoms with van der Waals surface area (Å²) in [6.07, 6.45) is 0. The van der Waals surface area contributed by atoms with Gasteiger partial charge >= 0.3 is 0 Å². The maximum Gasteiger partial charge on any atom is 0.238 e. The Balaban J connectivity index is 2.47. The van der Waals surface area contributed by atoms with Crippen molar-refractivity contribution in [2.75, 3.05) is 12.8 Å². The summed E-state index contributed by atoms with van der Waals surface area (Å²) in [5.41, 5.74) is 6.36. The highest BCUT2D eigenvalue weighted by Gasteiger charge is 2.17. The third-order valence-corrected chi connectivity index (χ3v) is 3.95. The second-order valence-corrected chi connectivity index (χ2v) is 6.00. The molecular formula is C14H16N2O4S. The number of primary sulfonamides is 1. The maximum absolute atomic E-state index is 11.6. The summed E-state index contributed by atoms with van der Waals surface area (Å²) in [7, 11) is -2.32. The Bertz CT molecular complexity index is 773. The van der Waals surface area contributed by atoms with Crippen molar-refractivity contribution < 1.29 is 17.9 Å². The molecule has 0 aliphatic carbocycles. The summed E-state index contributed by atoms with van der Waals surface area (Å²) in [6.45, 7) is 1.61. The van der Waals surface area contributed by atoms with Crippen LogP contribution in [0.2, 0.25) is 0 Å². The molecule has 4 N–H and O–H groups in total. The van der Waals surface area contributed by atoms with Crippen molar-refractivity contribution in [3.8, 4) is 17.2 Å². The van der Waals surface area contributed by atoms with Crippen molar-refractivity contribution in [3.63, 3.8) is 0 Å². The monoisotopic (exact) mass is 308 g/mol. The highest BCUT2D eigenvalue weighted by molar-refractivity contribution is 7.89. The van der Waals surface area contributed by atoms with E-state index in [0.717, 1.165) is 0 Å². The lowest BCUT2D eigenvalue weighted by molar-refractivity contribution is 0.408. The molecule has 0 fully saturated rings. The third-order valence-electron chi connectivity index (χ3n) is 2.91. The summed E-state index contributed by atoms with van der Waals surface area (Å²) in [6, 6.07) is 9.79. The second-order valence-electron chi connectivity index (χ2n) is 4.47. The number of hydrogen-bond donors (Lipinski definition) is 2. The van der Waals surface area contributed by atoms with Gasteiger partial charge in [-0.2, -0.15) is 0 Å².